The standard InChI is InChI=1S/C67H111NO10/c1-4-7-10-13-16-19-22-24-26-27-28-29-30-31-32-33-34-35-36-39-42-45-48-51-54-60(71)66(75)68-58(59(70)53-50-47-44-41-38-21-18-15-12-9-6-3)57-76-67-65(64(74)63(73)61(56-69)77-67)78-62(72)55-52-49-46-43-40-37-25-23-20-17-14-11-8-5-2/h7-8,10-11,16-17,19-20,24-26,28-29,31-32,34-35,37,50,53,58-61,63-65,67,69-71,73-74H,4-6,9,12-15,18,21-23,27,30,33,36,38-49,51-52,54-57H2,1-3H3,(H,68,75)/b10-7-,11-8+,19-16-,20-17+,26-24-,29-28-,32-31-,35-34-,37-25+,53-50+. The Morgan fingerprint density at radius 2 is 0.923 bits per heavy atom. The van der Waals surface area contributed by atoms with E-state index in [4.69, 9.17) is 14.2 Å². The molecule has 1 heterocycles. The predicted octanol–water partition coefficient (Wildman–Crippen LogP) is 14.7. The summed E-state index contributed by atoms with van der Waals surface area (Å²) in [6.45, 7) is 5.51. The van der Waals surface area contributed by atoms with Crippen LogP contribution in [-0.4, -0.2) is 99.6 Å². The van der Waals surface area contributed by atoms with Crippen LogP contribution in [0.25, 0.3) is 0 Å². The summed E-state index contributed by atoms with van der Waals surface area (Å²) < 4.78 is 17.6. The molecule has 0 saturated carbocycles. The summed E-state index contributed by atoms with van der Waals surface area (Å²) in [5.74, 6) is -1.24. The molecule has 1 amide bonds. The summed E-state index contributed by atoms with van der Waals surface area (Å²) in [6, 6.07) is -1.05. The van der Waals surface area contributed by atoms with Crippen LogP contribution < -0.4 is 5.32 Å². The molecule has 0 spiro atoms. The second kappa shape index (κ2) is 53.7. The van der Waals surface area contributed by atoms with Crippen LogP contribution in [0.1, 0.15) is 226 Å². The highest BCUT2D eigenvalue weighted by Gasteiger charge is 2.47. The maximum absolute atomic E-state index is 13.4. The molecule has 0 bridgehead atoms. The fraction of sp³-hybridized carbons (Fsp3) is 0.672. The normalized spacial score (nSPS) is 19.8. The van der Waals surface area contributed by atoms with E-state index >= 15 is 0 Å². The Hall–Kier alpha value is -3.94. The molecule has 8 atom stereocenters. The minimum atomic E-state index is -1.63. The van der Waals surface area contributed by atoms with Crippen LogP contribution in [0.5, 0.6) is 0 Å². The SMILES string of the molecule is CC/C=C\C/C=C\C/C=C\C/C=C\C/C=C\C/C=C\CCCCCCCC(O)C(=O)NC(COC1OC(CO)C(O)C(O)C1OC(=O)CCCCCC/C=C/C/C=C/C/C=C/CC)C(O)/C=C/CCCCCCCCCCC. The highest BCUT2D eigenvalue weighted by molar-refractivity contribution is 5.80. The van der Waals surface area contributed by atoms with Gasteiger partial charge in [0.15, 0.2) is 12.4 Å². The van der Waals surface area contributed by atoms with Crippen LogP contribution in [0.15, 0.2) is 122 Å². The van der Waals surface area contributed by atoms with Gasteiger partial charge in [-0.1, -0.05) is 232 Å². The van der Waals surface area contributed by atoms with Crippen molar-refractivity contribution >= 4 is 11.9 Å². The highest BCUT2D eigenvalue weighted by Crippen LogP contribution is 2.26. The molecular formula is C67H111NO10. The van der Waals surface area contributed by atoms with Crippen molar-refractivity contribution in [2.45, 2.75) is 275 Å². The Labute approximate surface area is 474 Å². The first-order valence-electron chi connectivity index (χ1n) is 30.8. The molecule has 1 aliphatic rings. The largest absolute Gasteiger partial charge is 0.454 e. The number of hydrogen-bond donors (Lipinski definition) is 6. The van der Waals surface area contributed by atoms with Gasteiger partial charge in [-0.3, -0.25) is 9.59 Å². The van der Waals surface area contributed by atoms with Gasteiger partial charge in [0.05, 0.1) is 25.4 Å². The van der Waals surface area contributed by atoms with Crippen molar-refractivity contribution in [3.8, 4) is 0 Å². The first-order chi connectivity index (χ1) is 38.2. The number of hydrogen-bond acceptors (Lipinski definition) is 10. The Bertz CT molecular complexity index is 1730. The fourth-order valence-electron chi connectivity index (χ4n) is 8.78. The van der Waals surface area contributed by atoms with Gasteiger partial charge in [-0.05, 0) is 109 Å². The van der Waals surface area contributed by atoms with Gasteiger partial charge < -0.3 is 45.1 Å². The third kappa shape index (κ3) is 41.1. The van der Waals surface area contributed by atoms with Gasteiger partial charge in [0.2, 0.25) is 5.91 Å². The van der Waals surface area contributed by atoms with Crippen molar-refractivity contribution < 1.29 is 49.3 Å². The zero-order valence-electron chi connectivity index (χ0n) is 49.0. The van der Waals surface area contributed by atoms with Gasteiger partial charge >= 0.3 is 5.97 Å². The lowest BCUT2D eigenvalue weighted by molar-refractivity contribution is -0.305. The topological polar surface area (TPSA) is 175 Å². The highest BCUT2D eigenvalue weighted by atomic mass is 16.7. The molecule has 1 aliphatic heterocycles. The molecule has 444 valence electrons. The average Bonchev–Trinajstić information content (AvgIpc) is 3.44. The van der Waals surface area contributed by atoms with Crippen LogP contribution in [0.4, 0.5) is 0 Å². The van der Waals surface area contributed by atoms with Gasteiger partial charge in [-0.25, -0.2) is 0 Å². The quantitative estimate of drug-likeness (QED) is 0.0195. The lowest BCUT2D eigenvalue weighted by Crippen LogP contribution is -2.61. The van der Waals surface area contributed by atoms with Gasteiger partial charge in [0.25, 0.3) is 0 Å². The molecule has 0 aromatic heterocycles. The van der Waals surface area contributed by atoms with Gasteiger partial charge in [0.1, 0.15) is 24.4 Å². The van der Waals surface area contributed by atoms with E-state index in [0.717, 1.165) is 141 Å². The molecule has 0 aromatic rings. The molecule has 0 aliphatic carbocycles. The molecule has 78 heavy (non-hydrogen) atoms. The molecular weight excluding hydrogens is 979 g/mol. The number of allylic oxidation sites excluding steroid dienone is 19. The summed E-state index contributed by atoms with van der Waals surface area (Å²) in [5.41, 5.74) is 0. The Balaban J connectivity index is 2.67. The van der Waals surface area contributed by atoms with E-state index in [1.165, 1.54) is 38.5 Å². The third-order valence-corrected chi connectivity index (χ3v) is 13.6. The summed E-state index contributed by atoms with van der Waals surface area (Å²) in [4.78, 5) is 26.5. The lowest BCUT2D eigenvalue weighted by Gasteiger charge is -2.41. The molecule has 1 fully saturated rings. The summed E-state index contributed by atoms with van der Waals surface area (Å²) >= 11 is 0. The van der Waals surface area contributed by atoms with Crippen molar-refractivity contribution in [2.24, 2.45) is 0 Å². The lowest BCUT2D eigenvalue weighted by atomic mass is 9.99. The molecule has 1 saturated heterocycles. The van der Waals surface area contributed by atoms with Crippen LogP contribution >= 0.6 is 0 Å². The van der Waals surface area contributed by atoms with Crippen molar-refractivity contribution in [3.05, 3.63) is 122 Å². The van der Waals surface area contributed by atoms with Crippen LogP contribution in [0.2, 0.25) is 0 Å². The number of rotatable bonds is 50. The first-order valence-corrected chi connectivity index (χ1v) is 30.8. The number of ether oxygens (including phenoxy) is 3. The van der Waals surface area contributed by atoms with Crippen LogP contribution in [0, 0.1) is 0 Å². The maximum Gasteiger partial charge on any atom is 0.306 e. The zero-order chi connectivity index (χ0) is 56.8. The van der Waals surface area contributed by atoms with E-state index in [-0.39, 0.29) is 19.4 Å². The Kier molecular flexibility index (Phi) is 49.6. The van der Waals surface area contributed by atoms with Crippen molar-refractivity contribution in [1.82, 2.24) is 5.32 Å². The van der Waals surface area contributed by atoms with Crippen molar-refractivity contribution in [1.29, 1.82) is 0 Å². The fourth-order valence-corrected chi connectivity index (χ4v) is 8.78. The van der Waals surface area contributed by atoms with E-state index in [9.17, 15) is 35.1 Å². The number of aliphatic hydroxyl groups is 5. The van der Waals surface area contributed by atoms with E-state index in [1.807, 2.05) is 6.08 Å². The zero-order valence-corrected chi connectivity index (χ0v) is 49.0. The minimum absolute atomic E-state index is 0.0892. The average molecular weight is 1090 g/mol. The Morgan fingerprint density at radius 1 is 0.513 bits per heavy atom. The number of carbonyl (C=O) groups is 2. The van der Waals surface area contributed by atoms with Gasteiger partial charge in [0, 0.05) is 6.42 Å². The minimum Gasteiger partial charge on any atom is -0.454 e. The molecule has 0 radical (unpaired) electrons. The second-order valence-electron chi connectivity index (χ2n) is 20.7. The summed E-state index contributed by atoms with van der Waals surface area (Å²) in [5, 5.41) is 56.9. The summed E-state index contributed by atoms with van der Waals surface area (Å²) in [6.07, 6.45) is 63.8. The van der Waals surface area contributed by atoms with E-state index in [0.29, 0.717) is 12.8 Å². The monoisotopic (exact) mass is 1090 g/mol. The molecule has 11 heteroatoms. The van der Waals surface area contributed by atoms with E-state index < -0.39 is 67.4 Å². The second-order valence-corrected chi connectivity index (χ2v) is 20.7. The maximum atomic E-state index is 13.4. The number of carbonyl (C=O) groups excluding carboxylic acids is 2. The number of amides is 1. The third-order valence-electron chi connectivity index (χ3n) is 13.6. The first kappa shape index (κ1) is 72.1. The van der Waals surface area contributed by atoms with Crippen LogP contribution in [0.3, 0.4) is 0 Å². The predicted molar refractivity (Wildman–Crippen MR) is 324 cm³/mol. The smallest absolute Gasteiger partial charge is 0.306 e. The molecule has 1 rings (SSSR count). The van der Waals surface area contributed by atoms with Crippen molar-refractivity contribution in [2.75, 3.05) is 13.2 Å². The Morgan fingerprint density at radius 3 is 1.38 bits per heavy atom. The number of esters is 1. The number of unbranched alkanes of at least 4 members (excludes halogenated alkanes) is 18. The molecule has 8 unspecified atom stereocenters. The molecule has 6 N–H and O–H groups in total. The van der Waals surface area contributed by atoms with E-state index in [1.54, 1.807) is 6.08 Å². The summed E-state index contributed by atoms with van der Waals surface area (Å²) in [7, 11) is 0. The van der Waals surface area contributed by atoms with Crippen LogP contribution in [-0.2, 0) is 23.8 Å². The van der Waals surface area contributed by atoms with E-state index in [2.05, 4.69) is 135 Å². The molecule has 11 nitrogen and oxygen atoms in total. The van der Waals surface area contributed by atoms with Crippen molar-refractivity contribution in [3.63, 3.8) is 0 Å². The number of nitrogens with one attached hydrogen (secondary N) is 1. The van der Waals surface area contributed by atoms with Gasteiger partial charge in [-0.15, -0.1) is 0 Å². The molecule has 0 aromatic carbocycles. The number of aliphatic hydroxyl groups excluding tert-OH is 5. The van der Waals surface area contributed by atoms with Gasteiger partial charge in [-0.2, -0.15) is 0 Å².